The molecule has 2 aliphatic rings. The number of nitrogens with zero attached hydrogens (tertiary/aromatic N) is 3. The van der Waals surface area contributed by atoms with Crippen LogP contribution in [0, 0.1) is 13.8 Å². The number of hydrogen-bond donors (Lipinski definition) is 0. The fraction of sp³-hybridized carbons (Fsp3) is 0.222. The number of fused-ring (bicyclic) bond motifs is 1. The molecule has 1 saturated heterocycles. The molecule has 1 fully saturated rings. The average Bonchev–Trinajstić information content (AvgIpc) is 3.04. The third kappa shape index (κ3) is 6.18. The van der Waals surface area contributed by atoms with Crippen molar-refractivity contribution in [2.24, 2.45) is 0 Å². The minimum Gasteiger partial charge on any atom is -0.497 e. The van der Waals surface area contributed by atoms with Gasteiger partial charge in [-0.1, -0.05) is 59.8 Å². The van der Waals surface area contributed by atoms with E-state index in [0.29, 0.717) is 30.1 Å². The van der Waals surface area contributed by atoms with E-state index in [-0.39, 0.29) is 11.8 Å². The number of ether oxygens (including phenoxy) is 1. The molecule has 4 aromatic rings. The van der Waals surface area contributed by atoms with Gasteiger partial charge in [0.15, 0.2) is 0 Å². The van der Waals surface area contributed by atoms with Crippen molar-refractivity contribution in [3.63, 3.8) is 0 Å². The molecule has 2 aliphatic heterocycles. The SMILES string of the molecule is COc1ccc(N2CCN(C(=O)c3ccc(/C=C4\Sc5ccccc5N(Cc5cc(C)ccc5C)C4=O)cc3)CC2)cc1. The Morgan fingerprint density at radius 3 is 2.33 bits per heavy atom. The van der Waals surface area contributed by atoms with Gasteiger partial charge in [0.2, 0.25) is 0 Å². The lowest BCUT2D eigenvalue weighted by molar-refractivity contribution is -0.114. The van der Waals surface area contributed by atoms with Gasteiger partial charge in [0.1, 0.15) is 5.75 Å². The zero-order valence-corrected chi connectivity index (χ0v) is 25.6. The first-order chi connectivity index (χ1) is 20.9. The van der Waals surface area contributed by atoms with Crippen molar-refractivity contribution in [2.45, 2.75) is 25.3 Å². The molecule has 43 heavy (non-hydrogen) atoms. The number of rotatable bonds is 6. The first-order valence-corrected chi connectivity index (χ1v) is 15.4. The molecular formula is C36H35N3O3S. The van der Waals surface area contributed by atoms with Crippen LogP contribution in [0.3, 0.4) is 0 Å². The number of anilines is 2. The van der Waals surface area contributed by atoms with Crippen LogP contribution in [0.4, 0.5) is 11.4 Å². The highest BCUT2D eigenvalue weighted by atomic mass is 32.2. The van der Waals surface area contributed by atoms with E-state index in [2.05, 4.69) is 55.1 Å². The molecule has 7 heteroatoms. The van der Waals surface area contributed by atoms with Crippen molar-refractivity contribution < 1.29 is 14.3 Å². The minimum atomic E-state index is -0.0144. The molecule has 6 rings (SSSR count). The Bertz CT molecular complexity index is 1670. The summed E-state index contributed by atoms with van der Waals surface area (Å²) in [6.07, 6.45) is 1.93. The van der Waals surface area contributed by atoms with E-state index in [1.165, 1.54) is 22.9 Å². The lowest BCUT2D eigenvalue weighted by Gasteiger charge is -2.36. The number of thioether (sulfide) groups is 1. The molecule has 6 nitrogen and oxygen atoms in total. The Kier molecular flexibility index (Phi) is 8.25. The third-order valence-electron chi connectivity index (χ3n) is 8.12. The van der Waals surface area contributed by atoms with Gasteiger partial charge in [0.05, 0.1) is 24.2 Å². The first-order valence-electron chi connectivity index (χ1n) is 14.5. The zero-order chi connectivity index (χ0) is 29.9. The second-order valence-electron chi connectivity index (χ2n) is 11.0. The van der Waals surface area contributed by atoms with Crippen LogP contribution in [0.2, 0.25) is 0 Å². The summed E-state index contributed by atoms with van der Waals surface area (Å²) in [5.41, 5.74) is 7.10. The van der Waals surface area contributed by atoms with Crippen LogP contribution in [0.25, 0.3) is 6.08 Å². The van der Waals surface area contributed by atoms with Gasteiger partial charge >= 0.3 is 0 Å². The van der Waals surface area contributed by atoms with E-state index in [9.17, 15) is 9.59 Å². The largest absolute Gasteiger partial charge is 0.497 e. The van der Waals surface area contributed by atoms with Crippen LogP contribution < -0.4 is 14.5 Å². The maximum atomic E-state index is 13.8. The number of carbonyl (C=O) groups is 2. The van der Waals surface area contributed by atoms with Crippen LogP contribution >= 0.6 is 11.8 Å². The van der Waals surface area contributed by atoms with Crippen LogP contribution in [0.15, 0.2) is 101 Å². The fourth-order valence-corrected chi connectivity index (χ4v) is 6.64. The van der Waals surface area contributed by atoms with Gasteiger partial charge in [-0.25, -0.2) is 0 Å². The summed E-state index contributed by atoms with van der Waals surface area (Å²) in [6, 6.07) is 30.1. The van der Waals surface area contributed by atoms with Crippen molar-refractivity contribution in [2.75, 3.05) is 43.1 Å². The zero-order valence-electron chi connectivity index (χ0n) is 24.7. The summed E-state index contributed by atoms with van der Waals surface area (Å²) < 4.78 is 5.26. The lowest BCUT2D eigenvalue weighted by atomic mass is 10.0. The van der Waals surface area contributed by atoms with Gasteiger partial charge in [0.25, 0.3) is 11.8 Å². The number of piperazine rings is 1. The van der Waals surface area contributed by atoms with E-state index < -0.39 is 0 Å². The highest BCUT2D eigenvalue weighted by molar-refractivity contribution is 8.04. The number of hydrogen-bond acceptors (Lipinski definition) is 5. The van der Waals surface area contributed by atoms with E-state index >= 15 is 0 Å². The summed E-state index contributed by atoms with van der Waals surface area (Å²) in [6.45, 7) is 7.57. The van der Waals surface area contributed by atoms with E-state index in [4.69, 9.17) is 4.74 Å². The second-order valence-corrected chi connectivity index (χ2v) is 12.1. The Labute approximate surface area is 257 Å². The first kappa shape index (κ1) is 28.6. The maximum Gasteiger partial charge on any atom is 0.265 e. The molecular weight excluding hydrogens is 554 g/mol. The van der Waals surface area contributed by atoms with Gasteiger partial charge in [0, 0.05) is 42.3 Å². The fourth-order valence-electron chi connectivity index (χ4n) is 5.58. The number of benzene rings is 4. The molecule has 0 radical (unpaired) electrons. The molecule has 0 unspecified atom stereocenters. The van der Waals surface area contributed by atoms with Gasteiger partial charge in [-0.2, -0.15) is 0 Å². The normalized spacial score (nSPS) is 15.9. The van der Waals surface area contributed by atoms with Crippen LogP contribution in [0.1, 0.15) is 32.6 Å². The number of para-hydroxylation sites is 1. The molecule has 0 N–H and O–H groups in total. The monoisotopic (exact) mass is 589 g/mol. The summed E-state index contributed by atoms with van der Waals surface area (Å²) in [7, 11) is 1.67. The summed E-state index contributed by atoms with van der Waals surface area (Å²) in [5.74, 6) is 0.854. The van der Waals surface area contributed by atoms with Gasteiger partial charge < -0.3 is 19.4 Å². The molecule has 0 aromatic heterocycles. The Hall–Kier alpha value is -4.49. The molecule has 0 bridgehead atoms. The Morgan fingerprint density at radius 1 is 0.884 bits per heavy atom. The molecule has 2 heterocycles. The van der Waals surface area contributed by atoms with Crippen molar-refractivity contribution in [1.82, 2.24) is 4.90 Å². The number of amides is 2. The molecule has 218 valence electrons. The van der Waals surface area contributed by atoms with Crippen LogP contribution in [-0.2, 0) is 11.3 Å². The minimum absolute atomic E-state index is 0.0144. The topological polar surface area (TPSA) is 53.1 Å². The highest BCUT2D eigenvalue weighted by Crippen LogP contribution is 2.42. The van der Waals surface area contributed by atoms with Crippen molar-refractivity contribution >= 4 is 41.0 Å². The van der Waals surface area contributed by atoms with Gasteiger partial charge in [-0.05, 0) is 85.1 Å². The van der Waals surface area contributed by atoms with Crippen LogP contribution in [0.5, 0.6) is 5.75 Å². The summed E-state index contributed by atoms with van der Waals surface area (Å²) >= 11 is 1.50. The van der Waals surface area contributed by atoms with Gasteiger partial charge in [-0.15, -0.1) is 0 Å². The van der Waals surface area contributed by atoms with E-state index in [0.717, 1.165) is 46.2 Å². The standard InChI is InChI=1S/C36H35N3O3S/c1-25-8-9-26(2)29(22-25)24-39-32-6-4-5-7-33(32)43-34(36(39)41)23-27-10-12-28(13-11-27)35(40)38-20-18-37(19-21-38)30-14-16-31(42-3)17-15-30/h4-17,22-23H,18-21,24H2,1-3H3/b34-23-. The predicted octanol–water partition coefficient (Wildman–Crippen LogP) is 6.95. The molecule has 0 saturated carbocycles. The molecule has 4 aromatic carbocycles. The smallest absolute Gasteiger partial charge is 0.265 e. The van der Waals surface area contributed by atoms with E-state index in [1.807, 2.05) is 70.5 Å². The lowest BCUT2D eigenvalue weighted by Crippen LogP contribution is -2.48. The maximum absolute atomic E-state index is 13.8. The number of aryl methyl sites for hydroxylation is 2. The summed E-state index contributed by atoms with van der Waals surface area (Å²) in [4.78, 5) is 34.9. The van der Waals surface area contributed by atoms with Gasteiger partial charge in [-0.3, -0.25) is 9.59 Å². The molecule has 0 atom stereocenters. The van der Waals surface area contributed by atoms with Crippen molar-refractivity contribution in [3.05, 3.63) is 124 Å². The number of methoxy groups -OCH3 is 1. The van der Waals surface area contributed by atoms with Crippen molar-refractivity contribution in [3.8, 4) is 5.75 Å². The molecule has 0 spiro atoms. The Balaban J connectivity index is 1.15. The van der Waals surface area contributed by atoms with Crippen LogP contribution in [-0.4, -0.2) is 50.0 Å². The average molecular weight is 590 g/mol. The second kappa shape index (κ2) is 12.4. The number of carbonyl (C=O) groups excluding carboxylic acids is 2. The summed E-state index contributed by atoms with van der Waals surface area (Å²) in [5, 5.41) is 0. The van der Waals surface area contributed by atoms with E-state index in [1.54, 1.807) is 7.11 Å². The molecule has 2 amide bonds. The third-order valence-corrected chi connectivity index (χ3v) is 9.20. The highest BCUT2D eigenvalue weighted by Gasteiger charge is 2.29. The van der Waals surface area contributed by atoms with Crippen molar-refractivity contribution in [1.29, 1.82) is 0 Å². The predicted molar refractivity (Wildman–Crippen MR) is 175 cm³/mol. The Morgan fingerprint density at radius 2 is 1.60 bits per heavy atom. The molecule has 0 aliphatic carbocycles. The quantitative estimate of drug-likeness (QED) is 0.228.